The van der Waals surface area contributed by atoms with Crippen LogP contribution < -0.4 is 0 Å². The summed E-state index contributed by atoms with van der Waals surface area (Å²) in [5.41, 5.74) is 0.124. The van der Waals surface area contributed by atoms with Crippen molar-refractivity contribution in [2.75, 3.05) is 6.61 Å². The van der Waals surface area contributed by atoms with Gasteiger partial charge in [0.05, 0.1) is 12.0 Å². The van der Waals surface area contributed by atoms with Gasteiger partial charge in [-0.1, -0.05) is 13.8 Å². The molecule has 0 amide bonds. The van der Waals surface area contributed by atoms with E-state index in [1.54, 1.807) is 6.33 Å². The molecule has 1 heterocycles. The maximum Gasteiger partial charge on any atom is 0.148 e. The number of ether oxygens (including phenoxy) is 1. The van der Waals surface area contributed by atoms with Gasteiger partial charge in [0.25, 0.3) is 0 Å². The summed E-state index contributed by atoms with van der Waals surface area (Å²) in [6.07, 6.45) is 3.11. The zero-order chi connectivity index (χ0) is 11.8. The van der Waals surface area contributed by atoms with E-state index in [0.29, 0.717) is 18.0 Å². The highest BCUT2D eigenvalue weighted by Gasteiger charge is 2.50. The Morgan fingerprint density at radius 3 is 2.94 bits per heavy atom. The maximum atomic E-state index is 5.83. The maximum absolute atomic E-state index is 5.83. The molecule has 90 valence electrons. The summed E-state index contributed by atoms with van der Waals surface area (Å²) >= 11 is 5.83. The molecule has 1 aliphatic carbocycles. The van der Waals surface area contributed by atoms with Crippen molar-refractivity contribution in [2.45, 2.75) is 45.2 Å². The number of nitrogens with zero attached hydrogens (tertiary/aromatic N) is 3. The molecule has 0 radical (unpaired) electrons. The van der Waals surface area contributed by atoms with Crippen LogP contribution in [-0.4, -0.2) is 27.5 Å². The molecule has 0 saturated heterocycles. The number of rotatable bonds is 4. The molecular weight excluding hydrogens is 226 g/mol. The van der Waals surface area contributed by atoms with Crippen LogP contribution in [0.3, 0.4) is 0 Å². The Morgan fingerprint density at radius 1 is 1.62 bits per heavy atom. The molecule has 2 rings (SSSR count). The largest absolute Gasteiger partial charge is 0.378 e. The lowest BCUT2D eigenvalue weighted by molar-refractivity contribution is -0.128. The normalized spacial score (nSPS) is 27.8. The first-order valence-corrected chi connectivity index (χ1v) is 6.20. The highest BCUT2D eigenvalue weighted by molar-refractivity contribution is 6.16. The van der Waals surface area contributed by atoms with Crippen molar-refractivity contribution in [3.05, 3.63) is 12.2 Å². The highest BCUT2D eigenvalue weighted by atomic mass is 35.5. The van der Waals surface area contributed by atoms with E-state index in [-0.39, 0.29) is 5.41 Å². The topological polar surface area (TPSA) is 39.9 Å². The van der Waals surface area contributed by atoms with Crippen LogP contribution in [0.2, 0.25) is 0 Å². The molecule has 1 aliphatic rings. The van der Waals surface area contributed by atoms with E-state index < -0.39 is 0 Å². The molecule has 5 heteroatoms. The molecule has 1 saturated carbocycles. The summed E-state index contributed by atoms with van der Waals surface area (Å²) in [4.78, 5) is 0. The smallest absolute Gasteiger partial charge is 0.148 e. The van der Waals surface area contributed by atoms with Crippen molar-refractivity contribution in [3.63, 3.8) is 0 Å². The first-order chi connectivity index (χ1) is 7.61. The van der Waals surface area contributed by atoms with Gasteiger partial charge in [0.1, 0.15) is 12.2 Å². The molecule has 1 aromatic rings. The van der Waals surface area contributed by atoms with Crippen LogP contribution in [0.1, 0.15) is 39.1 Å². The summed E-state index contributed by atoms with van der Waals surface area (Å²) in [6.45, 7) is 7.25. The lowest BCUT2D eigenvalue weighted by Gasteiger charge is -2.52. The number of aromatic nitrogens is 3. The van der Waals surface area contributed by atoms with Gasteiger partial charge in [0.15, 0.2) is 0 Å². The Labute approximate surface area is 101 Å². The van der Waals surface area contributed by atoms with E-state index in [4.69, 9.17) is 16.3 Å². The molecule has 0 N–H and O–H groups in total. The van der Waals surface area contributed by atoms with Crippen LogP contribution in [0.5, 0.6) is 0 Å². The Hall–Kier alpha value is -0.610. The van der Waals surface area contributed by atoms with Crippen molar-refractivity contribution >= 4 is 11.6 Å². The van der Waals surface area contributed by atoms with E-state index in [9.17, 15) is 0 Å². The molecule has 0 aromatic carbocycles. The van der Waals surface area contributed by atoms with Crippen LogP contribution in [0.4, 0.5) is 0 Å². The fourth-order valence-corrected chi connectivity index (χ4v) is 2.63. The number of hydrogen-bond acceptors (Lipinski definition) is 3. The van der Waals surface area contributed by atoms with Crippen LogP contribution >= 0.6 is 11.6 Å². The Bertz CT molecular complexity index is 364. The summed E-state index contributed by atoms with van der Waals surface area (Å²) in [5.74, 6) is 1.25. The van der Waals surface area contributed by atoms with Gasteiger partial charge in [-0.25, -0.2) is 0 Å². The third-order valence-corrected chi connectivity index (χ3v) is 3.84. The van der Waals surface area contributed by atoms with E-state index in [1.807, 2.05) is 6.92 Å². The fourth-order valence-electron chi connectivity index (χ4n) is 2.44. The first-order valence-electron chi connectivity index (χ1n) is 5.67. The van der Waals surface area contributed by atoms with Gasteiger partial charge in [-0.2, -0.15) is 0 Å². The predicted molar refractivity (Wildman–Crippen MR) is 62.4 cm³/mol. The highest BCUT2D eigenvalue weighted by Crippen LogP contribution is 2.51. The predicted octanol–water partition coefficient (Wildman–Crippen LogP) is 2.39. The number of halogens is 1. The van der Waals surface area contributed by atoms with E-state index in [0.717, 1.165) is 18.9 Å². The van der Waals surface area contributed by atoms with Crippen molar-refractivity contribution < 1.29 is 4.74 Å². The Morgan fingerprint density at radius 2 is 2.38 bits per heavy atom. The lowest BCUT2D eigenvalue weighted by Crippen LogP contribution is -2.51. The fraction of sp³-hybridized carbons (Fsp3) is 0.818. The molecular formula is C11H18ClN3O. The standard InChI is InChI=1S/C11H18ClN3O/c1-4-16-9-5-8(11(9,2)3)15-7-13-14-10(15)6-12/h7-9H,4-6H2,1-3H3. The van der Waals surface area contributed by atoms with Gasteiger partial charge < -0.3 is 9.30 Å². The minimum Gasteiger partial charge on any atom is -0.378 e. The van der Waals surface area contributed by atoms with Gasteiger partial charge in [-0.15, -0.1) is 21.8 Å². The Kier molecular flexibility index (Phi) is 3.22. The summed E-state index contributed by atoms with van der Waals surface area (Å²) in [7, 11) is 0. The summed E-state index contributed by atoms with van der Waals surface area (Å²) < 4.78 is 7.79. The minimum absolute atomic E-state index is 0.124. The van der Waals surface area contributed by atoms with Crippen molar-refractivity contribution in [1.82, 2.24) is 14.8 Å². The molecule has 4 nitrogen and oxygen atoms in total. The second-order valence-corrected chi connectivity index (χ2v) is 5.07. The first kappa shape index (κ1) is 11.9. The number of alkyl halides is 1. The molecule has 16 heavy (non-hydrogen) atoms. The van der Waals surface area contributed by atoms with Crippen LogP contribution in [0.25, 0.3) is 0 Å². The van der Waals surface area contributed by atoms with Crippen molar-refractivity contribution in [1.29, 1.82) is 0 Å². The molecule has 2 unspecified atom stereocenters. The van der Waals surface area contributed by atoms with Crippen molar-refractivity contribution in [2.24, 2.45) is 5.41 Å². The quantitative estimate of drug-likeness (QED) is 0.763. The summed E-state index contributed by atoms with van der Waals surface area (Å²) in [6, 6.07) is 0.396. The molecule has 1 aromatic heterocycles. The minimum atomic E-state index is 0.124. The monoisotopic (exact) mass is 243 g/mol. The molecule has 0 spiro atoms. The molecule has 0 bridgehead atoms. The second kappa shape index (κ2) is 4.34. The molecule has 1 fully saturated rings. The third kappa shape index (κ3) is 1.74. The van der Waals surface area contributed by atoms with Crippen LogP contribution in [0, 0.1) is 5.41 Å². The van der Waals surface area contributed by atoms with Gasteiger partial charge in [0, 0.05) is 18.1 Å². The van der Waals surface area contributed by atoms with Gasteiger partial charge in [0.2, 0.25) is 0 Å². The lowest BCUT2D eigenvalue weighted by atomic mass is 9.64. The van der Waals surface area contributed by atoms with Gasteiger partial charge in [-0.3, -0.25) is 0 Å². The van der Waals surface area contributed by atoms with Gasteiger partial charge in [-0.05, 0) is 13.3 Å². The van der Waals surface area contributed by atoms with Gasteiger partial charge >= 0.3 is 0 Å². The molecule has 0 aliphatic heterocycles. The third-order valence-electron chi connectivity index (χ3n) is 3.60. The van der Waals surface area contributed by atoms with E-state index >= 15 is 0 Å². The number of hydrogen-bond donors (Lipinski definition) is 0. The second-order valence-electron chi connectivity index (χ2n) is 4.80. The molecule has 2 atom stereocenters. The van der Waals surface area contributed by atoms with Crippen molar-refractivity contribution in [3.8, 4) is 0 Å². The SMILES string of the molecule is CCOC1CC(n2cnnc2CCl)C1(C)C. The average Bonchev–Trinajstić information content (AvgIpc) is 2.71. The zero-order valence-electron chi connectivity index (χ0n) is 9.98. The van der Waals surface area contributed by atoms with Crippen LogP contribution in [0.15, 0.2) is 6.33 Å². The average molecular weight is 244 g/mol. The van der Waals surface area contributed by atoms with E-state index in [2.05, 4.69) is 28.6 Å². The zero-order valence-corrected chi connectivity index (χ0v) is 10.7. The van der Waals surface area contributed by atoms with E-state index in [1.165, 1.54) is 0 Å². The summed E-state index contributed by atoms with van der Waals surface area (Å²) in [5, 5.41) is 7.93. The van der Waals surface area contributed by atoms with Crippen LogP contribution in [-0.2, 0) is 10.6 Å². The Balaban J connectivity index is 2.14.